The molecule has 3 atom stereocenters. The first-order valence-corrected chi connectivity index (χ1v) is 7.71. The summed E-state index contributed by atoms with van der Waals surface area (Å²) in [6.07, 6.45) is 1.25. The lowest BCUT2D eigenvalue weighted by atomic mass is 9.86. The third-order valence-corrected chi connectivity index (χ3v) is 4.76. The Balaban J connectivity index is 1.71. The van der Waals surface area contributed by atoms with Crippen LogP contribution in [0.3, 0.4) is 0 Å². The minimum atomic E-state index is 0.154. The number of benzene rings is 1. The number of carbonyl (C=O) groups excluding carboxylic acids is 1. The summed E-state index contributed by atoms with van der Waals surface area (Å²) in [6, 6.07) is 5.91. The lowest BCUT2D eigenvalue weighted by Crippen LogP contribution is -2.47. The van der Waals surface area contributed by atoms with Crippen molar-refractivity contribution in [3.63, 3.8) is 0 Å². The van der Waals surface area contributed by atoms with E-state index in [0.717, 1.165) is 12.3 Å². The van der Waals surface area contributed by atoms with Crippen LogP contribution in [-0.2, 0) is 0 Å². The molecule has 1 fully saturated rings. The van der Waals surface area contributed by atoms with E-state index in [2.05, 4.69) is 25.7 Å². The second-order valence-electron chi connectivity index (χ2n) is 6.48. The summed E-state index contributed by atoms with van der Waals surface area (Å²) in [5.41, 5.74) is 0.706. The fraction of sp³-hybridized carbons (Fsp3) is 0.588. The molecule has 21 heavy (non-hydrogen) atoms. The van der Waals surface area contributed by atoms with Gasteiger partial charge in [0.2, 0.25) is 6.79 Å². The highest BCUT2D eigenvalue weighted by molar-refractivity contribution is 5.98. The number of ketones is 1. The van der Waals surface area contributed by atoms with Crippen molar-refractivity contribution in [3.8, 4) is 11.5 Å². The van der Waals surface area contributed by atoms with Gasteiger partial charge in [0, 0.05) is 18.2 Å². The highest BCUT2D eigenvalue weighted by Crippen LogP contribution is 2.33. The van der Waals surface area contributed by atoms with E-state index in [1.165, 1.54) is 6.42 Å². The maximum absolute atomic E-state index is 12.5. The molecular formula is C17H23NO3. The average molecular weight is 289 g/mol. The van der Waals surface area contributed by atoms with Gasteiger partial charge in [0.05, 0.1) is 6.54 Å². The van der Waals surface area contributed by atoms with E-state index in [1.807, 2.05) is 12.1 Å². The maximum atomic E-state index is 12.5. The molecule has 0 aromatic heterocycles. The largest absolute Gasteiger partial charge is 0.454 e. The van der Waals surface area contributed by atoms with Crippen molar-refractivity contribution < 1.29 is 14.3 Å². The summed E-state index contributed by atoms with van der Waals surface area (Å²) in [4.78, 5) is 14.8. The van der Waals surface area contributed by atoms with Gasteiger partial charge in [-0.1, -0.05) is 13.8 Å². The van der Waals surface area contributed by atoms with E-state index in [-0.39, 0.29) is 12.6 Å². The molecule has 114 valence electrons. The molecule has 0 amide bonds. The summed E-state index contributed by atoms with van der Waals surface area (Å²) in [5, 5.41) is 0. The number of ether oxygens (including phenoxy) is 2. The summed E-state index contributed by atoms with van der Waals surface area (Å²) in [6.45, 7) is 8.49. The second-order valence-corrected chi connectivity index (χ2v) is 6.48. The Kier molecular flexibility index (Phi) is 3.89. The van der Waals surface area contributed by atoms with Crippen molar-refractivity contribution in [2.24, 2.45) is 11.8 Å². The Hall–Kier alpha value is -1.55. The van der Waals surface area contributed by atoms with E-state index in [9.17, 15) is 4.79 Å². The molecule has 4 heteroatoms. The molecule has 1 aromatic rings. The number of fused-ring (bicyclic) bond motifs is 1. The smallest absolute Gasteiger partial charge is 0.231 e. The Morgan fingerprint density at radius 2 is 2.00 bits per heavy atom. The first-order chi connectivity index (χ1) is 10.0. The van der Waals surface area contributed by atoms with E-state index in [4.69, 9.17) is 9.47 Å². The number of rotatable bonds is 3. The molecule has 0 spiro atoms. The zero-order chi connectivity index (χ0) is 15.0. The molecule has 0 aliphatic carbocycles. The predicted molar refractivity (Wildman–Crippen MR) is 80.9 cm³/mol. The molecule has 1 saturated heterocycles. The number of hydrogen-bond acceptors (Lipinski definition) is 4. The normalized spacial score (nSPS) is 28.6. The van der Waals surface area contributed by atoms with Crippen LogP contribution in [0.1, 0.15) is 37.6 Å². The van der Waals surface area contributed by atoms with Crippen LogP contribution < -0.4 is 9.47 Å². The number of likely N-dealkylation sites (tertiary alicyclic amines) is 1. The third kappa shape index (κ3) is 2.91. The van der Waals surface area contributed by atoms with E-state index >= 15 is 0 Å². The van der Waals surface area contributed by atoms with Crippen LogP contribution in [0.2, 0.25) is 0 Å². The molecule has 0 bridgehead atoms. The Bertz CT molecular complexity index is 543. The van der Waals surface area contributed by atoms with Gasteiger partial charge in [0.25, 0.3) is 0 Å². The number of carbonyl (C=O) groups is 1. The van der Waals surface area contributed by atoms with Crippen LogP contribution in [-0.4, -0.2) is 36.6 Å². The Morgan fingerprint density at radius 1 is 1.24 bits per heavy atom. The van der Waals surface area contributed by atoms with Crippen LogP contribution in [0.15, 0.2) is 18.2 Å². The number of Topliss-reactive ketones (excluding diaryl/α,β-unsaturated/α-hetero) is 1. The van der Waals surface area contributed by atoms with Gasteiger partial charge < -0.3 is 9.47 Å². The summed E-state index contributed by atoms with van der Waals surface area (Å²) < 4.78 is 10.6. The molecule has 3 unspecified atom stereocenters. The van der Waals surface area contributed by atoms with Crippen LogP contribution in [0, 0.1) is 11.8 Å². The lowest BCUT2D eigenvalue weighted by molar-refractivity contribution is 0.0649. The molecule has 0 radical (unpaired) electrons. The van der Waals surface area contributed by atoms with Gasteiger partial charge in [0.1, 0.15) is 0 Å². The van der Waals surface area contributed by atoms with E-state index in [1.54, 1.807) is 6.07 Å². The quantitative estimate of drug-likeness (QED) is 0.802. The van der Waals surface area contributed by atoms with Crippen LogP contribution in [0.5, 0.6) is 11.5 Å². The number of nitrogens with zero attached hydrogens (tertiary/aromatic N) is 1. The van der Waals surface area contributed by atoms with Crippen molar-refractivity contribution in [2.75, 3.05) is 19.9 Å². The monoisotopic (exact) mass is 289 g/mol. The topological polar surface area (TPSA) is 38.8 Å². The SMILES string of the molecule is CC1CC(C)C(C)N(CC(=O)c2ccc3c(c2)OCO3)C1. The standard InChI is InChI=1S/C17H23NO3/c1-11-6-12(2)13(3)18(8-11)9-15(19)14-4-5-16-17(7-14)21-10-20-16/h4-5,7,11-13H,6,8-10H2,1-3H3. The molecule has 1 aromatic carbocycles. The maximum Gasteiger partial charge on any atom is 0.231 e. The van der Waals surface area contributed by atoms with Crippen LogP contribution in [0.25, 0.3) is 0 Å². The van der Waals surface area contributed by atoms with Gasteiger partial charge in [-0.2, -0.15) is 0 Å². The first-order valence-electron chi connectivity index (χ1n) is 7.71. The van der Waals surface area contributed by atoms with Gasteiger partial charge in [0.15, 0.2) is 17.3 Å². The van der Waals surface area contributed by atoms with Crippen molar-refractivity contribution >= 4 is 5.78 Å². The molecule has 4 nitrogen and oxygen atoms in total. The highest BCUT2D eigenvalue weighted by atomic mass is 16.7. The molecule has 2 aliphatic rings. The second kappa shape index (κ2) is 5.68. The summed E-state index contributed by atoms with van der Waals surface area (Å²) >= 11 is 0. The van der Waals surface area contributed by atoms with E-state index in [0.29, 0.717) is 35.7 Å². The minimum absolute atomic E-state index is 0.154. The van der Waals surface area contributed by atoms with Crippen molar-refractivity contribution in [2.45, 2.75) is 33.2 Å². The zero-order valence-electron chi connectivity index (χ0n) is 13.0. The number of hydrogen-bond donors (Lipinski definition) is 0. The number of piperidine rings is 1. The summed E-state index contributed by atoms with van der Waals surface area (Å²) in [5.74, 6) is 2.84. The van der Waals surface area contributed by atoms with Gasteiger partial charge in [-0.15, -0.1) is 0 Å². The lowest BCUT2D eigenvalue weighted by Gasteiger charge is -2.40. The molecule has 2 heterocycles. The highest BCUT2D eigenvalue weighted by Gasteiger charge is 2.30. The van der Waals surface area contributed by atoms with Crippen LogP contribution >= 0.6 is 0 Å². The molecule has 0 N–H and O–H groups in total. The molecule has 0 saturated carbocycles. The third-order valence-electron chi connectivity index (χ3n) is 4.76. The van der Waals surface area contributed by atoms with Gasteiger partial charge in [-0.05, 0) is 43.4 Å². The Labute approximate surface area is 126 Å². The van der Waals surface area contributed by atoms with Crippen molar-refractivity contribution in [1.82, 2.24) is 4.90 Å². The van der Waals surface area contributed by atoms with E-state index < -0.39 is 0 Å². The predicted octanol–water partition coefficient (Wildman–Crippen LogP) is 2.96. The Morgan fingerprint density at radius 3 is 2.81 bits per heavy atom. The first kappa shape index (κ1) is 14.4. The van der Waals surface area contributed by atoms with Gasteiger partial charge in [-0.25, -0.2) is 0 Å². The van der Waals surface area contributed by atoms with Gasteiger partial charge in [-0.3, -0.25) is 9.69 Å². The fourth-order valence-corrected chi connectivity index (χ4v) is 3.39. The van der Waals surface area contributed by atoms with Crippen LogP contribution in [0.4, 0.5) is 0 Å². The van der Waals surface area contributed by atoms with Gasteiger partial charge >= 0.3 is 0 Å². The minimum Gasteiger partial charge on any atom is -0.454 e. The summed E-state index contributed by atoms with van der Waals surface area (Å²) in [7, 11) is 0. The average Bonchev–Trinajstić information content (AvgIpc) is 2.91. The molecular weight excluding hydrogens is 266 g/mol. The molecule has 3 rings (SSSR count). The fourth-order valence-electron chi connectivity index (χ4n) is 3.39. The molecule has 2 aliphatic heterocycles. The van der Waals surface area contributed by atoms with Crippen molar-refractivity contribution in [3.05, 3.63) is 23.8 Å². The van der Waals surface area contributed by atoms with Crippen molar-refractivity contribution in [1.29, 1.82) is 0 Å². The zero-order valence-corrected chi connectivity index (χ0v) is 13.0.